The first-order chi connectivity index (χ1) is 25.7. The fourth-order valence-corrected chi connectivity index (χ4v) is 3.65. The lowest BCUT2D eigenvalue weighted by Crippen LogP contribution is -2.44. The van der Waals surface area contributed by atoms with Crippen LogP contribution in [0, 0.1) is 11.8 Å². The van der Waals surface area contributed by atoms with Crippen LogP contribution in [0.25, 0.3) is 0 Å². The highest BCUT2D eigenvalue weighted by Crippen LogP contribution is 2.05. The Labute approximate surface area is 328 Å². The van der Waals surface area contributed by atoms with E-state index in [1.807, 2.05) is 69.2 Å². The van der Waals surface area contributed by atoms with Crippen LogP contribution in [0.3, 0.4) is 0 Å². The fraction of sp³-hybridized carbons (Fsp3) is 0.821. The van der Waals surface area contributed by atoms with Gasteiger partial charge < -0.3 is 51.3 Å². The van der Waals surface area contributed by atoms with Gasteiger partial charge in [0.15, 0.2) is 0 Å². The van der Waals surface area contributed by atoms with Crippen molar-refractivity contribution < 1.29 is 43.8 Å². The van der Waals surface area contributed by atoms with E-state index in [0.29, 0.717) is 58.1 Å². The van der Waals surface area contributed by atoms with Gasteiger partial charge in [0.1, 0.15) is 12.6 Å². The number of carbonyl (C=O) groups excluding carboxylic acids is 7. The fourth-order valence-electron chi connectivity index (χ4n) is 3.65. The minimum atomic E-state index is -0.609. The molecule has 0 bridgehead atoms. The van der Waals surface area contributed by atoms with E-state index in [9.17, 15) is 33.6 Å². The number of carbonyl (C=O) groups is 7. The van der Waals surface area contributed by atoms with Crippen LogP contribution in [0.2, 0.25) is 0 Å². The van der Waals surface area contributed by atoms with Crippen LogP contribution in [0.5, 0.6) is 0 Å². The molecule has 0 aliphatic carbocycles. The second-order valence-corrected chi connectivity index (χ2v) is 11.7. The summed E-state index contributed by atoms with van der Waals surface area (Å²) >= 11 is 0. The highest BCUT2D eigenvalue weighted by Gasteiger charge is 2.16. The molecule has 0 aromatic carbocycles. The number of nitrogens with one attached hydrogen (secondary N) is 5. The number of unbranched alkanes of at least 4 members (excludes halogenated alkanes) is 3. The first-order valence-corrected chi connectivity index (χ1v) is 19.9. The van der Waals surface area contributed by atoms with E-state index in [1.54, 1.807) is 25.9 Å². The van der Waals surface area contributed by atoms with Crippen molar-refractivity contribution in [2.24, 2.45) is 11.8 Å². The maximum absolute atomic E-state index is 11.8. The van der Waals surface area contributed by atoms with Gasteiger partial charge >= 0.3 is 0 Å². The first-order valence-electron chi connectivity index (χ1n) is 19.9. The highest BCUT2D eigenvalue weighted by molar-refractivity contribution is 5.86. The molecule has 0 radical (unpaired) electrons. The van der Waals surface area contributed by atoms with Crippen LogP contribution in [-0.4, -0.2) is 123 Å². The van der Waals surface area contributed by atoms with Crippen LogP contribution in [0.1, 0.15) is 134 Å². The summed E-state index contributed by atoms with van der Waals surface area (Å²) in [5, 5.41) is 30.7. The molecule has 15 heteroatoms. The van der Waals surface area contributed by atoms with Crippen LogP contribution >= 0.6 is 0 Å². The number of aldehydes is 2. The third kappa shape index (κ3) is 48.6. The van der Waals surface area contributed by atoms with Gasteiger partial charge in [-0.2, -0.15) is 0 Å². The van der Waals surface area contributed by atoms with Gasteiger partial charge in [-0.3, -0.25) is 24.0 Å². The number of likely N-dealkylation sites (N-methyl/N-ethyl adjacent to an activating group) is 2. The molecule has 0 fully saturated rings. The van der Waals surface area contributed by atoms with Crippen molar-refractivity contribution in [2.45, 2.75) is 146 Å². The van der Waals surface area contributed by atoms with Crippen LogP contribution < -0.4 is 26.6 Å². The summed E-state index contributed by atoms with van der Waals surface area (Å²) in [6.45, 7) is 23.1. The van der Waals surface area contributed by atoms with Crippen LogP contribution in [0.15, 0.2) is 0 Å². The number of aliphatic hydroxyl groups excluding tert-OH is 2. The summed E-state index contributed by atoms with van der Waals surface area (Å²) in [7, 11) is 3.45. The van der Waals surface area contributed by atoms with E-state index in [1.165, 1.54) is 0 Å². The molecular weight excluding hydrogens is 696 g/mol. The normalized spacial score (nSPS) is 11.0. The molecule has 54 heavy (non-hydrogen) atoms. The monoisotopic (exact) mass is 779 g/mol. The molecule has 0 heterocycles. The van der Waals surface area contributed by atoms with Gasteiger partial charge in [-0.05, 0) is 52.0 Å². The highest BCUT2D eigenvalue weighted by atomic mass is 16.3. The number of amides is 5. The second-order valence-electron chi connectivity index (χ2n) is 11.7. The van der Waals surface area contributed by atoms with Gasteiger partial charge in [0.25, 0.3) is 0 Å². The lowest BCUT2D eigenvalue weighted by Gasteiger charge is -2.18. The van der Waals surface area contributed by atoms with Crippen LogP contribution in [0.4, 0.5) is 0 Å². The summed E-state index contributed by atoms with van der Waals surface area (Å²) < 4.78 is 0. The molecule has 0 spiro atoms. The predicted octanol–water partition coefficient (Wildman–Crippen LogP) is 3.14. The van der Waals surface area contributed by atoms with E-state index in [-0.39, 0.29) is 60.9 Å². The van der Waals surface area contributed by atoms with Gasteiger partial charge in [0.2, 0.25) is 29.5 Å². The molecule has 7 N–H and O–H groups in total. The Hall–Kier alpha value is -3.43. The van der Waals surface area contributed by atoms with Crippen molar-refractivity contribution in [3.05, 3.63) is 0 Å². The SMILES string of the molecule is CC.CC.CC.CC(C=O)CC(=O)N(C)CCCCCC(=O)NCC(=O)NC(C=O)C(C)C.CCC(=O)NCCCCC(O)CO.CCNC(=O)CNC. The lowest BCUT2D eigenvalue weighted by atomic mass is 10.1. The lowest BCUT2D eigenvalue weighted by molar-refractivity contribution is -0.132. The predicted molar refractivity (Wildman–Crippen MR) is 219 cm³/mol. The smallest absolute Gasteiger partial charge is 0.239 e. The molecule has 322 valence electrons. The molecular formula is C39H82N6O9. The standard InChI is InChI=1S/C19H33N3O5.C9H19NO3.C5H12N2O.3C2H6/c1-14(2)16(13-24)21-18(26)11-20-17(25)8-6-5-7-9-22(4)19(27)10-15(3)12-23;1-2-9(13)10-6-4-3-5-8(12)7-11;1-3-7-5(8)4-6-2;3*1-2/h12-16H,5-11H2,1-4H3,(H,20,25)(H,21,26);8,11-12H,2-7H2,1H3,(H,10,13);6H,3-4H2,1-2H3,(H,7,8);3*1-2H3. The van der Waals surface area contributed by atoms with Crippen LogP contribution in [-0.2, 0) is 33.6 Å². The average Bonchev–Trinajstić information content (AvgIpc) is 3.18. The third-order valence-corrected chi connectivity index (χ3v) is 6.72. The number of aliphatic hydroxyl groups is 2. The minimum absolute atomic E-state index is 0.00573. The summed E-state index contributed by atoms with van der Waals surface area (Å²) in [6, 6.07) is -0.552. The largest absolute Gasteiger partial charge is 0.394 e. The zero-order valence-corrected chi connectivity index (χ0v) is 36.3. The molecule has 0 saturated heterocycles. The zero-order valence-electron chi connectivity index (χ0n) is 36.3. The van der Waals surface area contributed by atoms with Crippen molar-refractivity contribution >= 4 is 42.1 Å². The summed E-state index contributed by atoms with van der Waals surface area (Å²) in [5.74, 6) is -0.844. The maximum Gasteiger partial charge on any atom is 0.239 e. The van der Waals surface area contributed by atoms with Gasteiger partial charge in [0.05, 0.1) is 31.8 Å². The quantitative estimate of drug-likeness (QED) is 0.0560. The van der Waals surface area contributed by atoms with Gasteiger partial charge in [-0.1, -0.05) is 75.7 Å². The van der Waals surface area contributed by atoms with Crippen molar-refractivity contribution in [3.63, 3.8) is 0 Å². The number of rotatable bonds is 24. The van der Waals surface area contributed by atoms with E-state index < -0.39 is 12.1 Å². The van der Waals surface area contributed by atoms with Gasteiger partial charge in [0, 0.05) is 51.9 Å². The number of hydrogen-bond donors (Lipinski definition) is 7. The second kappa shape index (κ2) is 49.6. The first kappa shape index (κ1) is 62.6. The van der Waals surface area contributed by atoms with E-state index >= 15 is 0 Å². The van der Waals surface area contributed by atoms with Crippen molar-refractivity contribution in [1.82, 2.24) is 31.5 Å². The molecule has 0 aromatic heterocycles. The molecule has 0 aromatic rings. The van der Waals surface area contributed by atoms with E-state index in [4.69, 9.17) is 10.2 Å². The molecule has 0 aliphatic rings. The molecule has 15 nitrogen and oxygen atoms in total. The molecule has 0 rings (SSSR count). The molecule has 3 atom stereocenters. The van der Waals surface area contributed by atoms with E-state index in [2.05, 4.69) is 26.6 Å². The van der Waals surface area contributed by atoms with Gasteiger partial charge in [-0.15, -0.1) is 0 Å². The molecule has 0 saturated carbocycles. The van der Waals surface area contributed by atoms with Crippen molar-refractivity contribution in [3.8, 4) is 0 Å². The Kier molecular flexibility index (Phi) is 57.4. The average molecular weight is 779 g/mol. The molecule has 5 amide bonds. The van der Waals surface area contributed by atoms with Crippen molar-refractivity contribution in [1.29, 1.82) is 0 Å². The maximum atomic E-state index is 11.8. The molecule has 0 aliphatic heterocycles. The Morgan fingerprint density at radius 1 is 0.722 bits per heavy atom. The van der Waals surface area contributed by atoms with E-state index in [0.717, 1.165) is 32.0 Å². The third-order valence-electron chi connectivity index (χ3n) is 6.72. The Morgan fingerprint density at radius 2 is 1.31 bits per heavy atom. The topological polar surface area (TPSA) is 223 Å². The van der Waals surface area contributed by atoms with Crippen molar-refractivity contribution in [2.75, 3.05) is 53.4 Å². The Balaban J connectivity index is -0.000000176. The zero-order chi connectivity index (χ0) is 43.3. The number of nitrogens with zero attached hydrogens (tertiary/aromatic N) is 1. The minimum Gasteiger partial charge on any atom is -0.394 e. The summed E-state index contributed by atoms with van der Waals surface area (Å²) in [5.41, 5.74) is 0. The summed E-state index contributed by atoms with van der Waals surface area (Å²) in [6.07, 6.45) is 6.35. The Bertz CT molecular complexity index is 900. The number of hydrogen-bond acceptors (Lipinski definition) is 10. The Morgan fingerprint density at radius 3 is 1.78 bits per heavy atom. The summed E-state index contributed by atoms with van der Waals surface area (Å²) in [4.78, 5) is 79.5. The van der Waals surface area contributed by atoms with Gasteiger partial charge in [-0.25, -0.2) is 0 Å². The molecule has 3 unspecified atom stereocenters.